The van der Waals surface area contributed by atoms with Crippen LogP contribution in [0.4, 0.5) is 13.2 Å². The third-order valence-corrected chi connectivity index (χ3v) is 2.25. The molecule has 0 aliphatic rings. The molecule has 0 aliphatic carbocycles. The van der Waals surface area contributed by atoms with E-state index in [2.05, 4.69) is 0 Å². The Kier molecular flexibility index (Phi) is 3.92. The molecule has 0 bridgehead atoms. The average Bonchev–Trinajstić information content (AvgIpc) is 2.35. The SMILES string of the molecule is N#Cc1cc(C(F)(F)F)ccc1C(O)C(O)C#N. The minimum absolute atomic E-state index is 0.223. The molecule has 0 radical (unpaired) electrons. The fraction of sp³-hybridized carbons (Fsp3) is 0.273. The predicted molar refractivity (Wildman–Crippen MR) is 52.7 cm³/mol. The Morgan fingerprint density at radius 1 is 1.17 bits per heavy atom. The lowest BCUT2D eigenvalue weighted by molar-refractivity contribution is -0.137. The number of rotatable bonds is 2. The van der Waals surface area contributed by atoms with Crippen molar-refractivity contribution >= 4 is 0 Å². The number of nitrogens with zero attached hydrogens (tertiary/aromatic N) is 2. The fourth-order valence-corrected chi connectivity index (χ4v) is 1.33. The minimum Gasteiger partial charge on any atom is -0.385 e. The Morgan fingerprint density at radius 2 is 1.78 bits per heavy atom. The van der Waals surface area contributed by atoms with E-state index in [9.17, 15) is 18.3 Å². The predicted octanol–water partition coefficient (Wildman–Crippen LogP) is 1.49. The summed E-state index contributed by atoms with van der Waals surface area (Å²) in [5.74, 6) is 0. The van der Waals surface area contributed by atoms with Gasteiger partial charge in [-0.25, -0.2) is 0 Å². The Bertz CT molecular complexity index is 529. The van der Waals surface area contributed by atoms with Gasteiger partial charge < -0.3 is 10.2 Å². The van der Waals surface area contributed by atoms with Crippen molar-refractivity contribution in [3.8, 4) is 12.1 Å². The van der Waals surface area contributed by atoms with Crippen LogP contribution in [-0.2, 0) is 6.18 Å². The molecule has 18 heavy (non-hydrogen) atoms. The van der Waals surface area contributed by atoms with E-state index in [0.29, 0.717) is 12.1 Å². The number of aliphatic hydroxyl groups excluding tert-OH is 2. The molecule has 1 aromatic rings. The second-order valence-corrected chi connectivity index (χ2v) is 3.43. The number of halogens is 3. The van der Waals surface area contributed by atoms with Crippen LogP contribution in [0.2, 0.25) is 0 Å². The van der Waals surface area contributed by atoms with Crippen LogP contribution in [0.3, 0.4) is 0 Å². The summed E-state index contributed by atoms with van der Waals surface area (Å²) in [6.07, 6.45) is -8.15. The maximum atomic E-state index is 12.4. The van der Waals surface area contributed by atoms with Crippen molar-refractivity contribution in [2.24, 2.45) is 0 Å². The second kappa shape index (κ2) is 5.05. The van der Waals surface area contributed by atoms with Gasteiger partial charge in [0.15, 0.2) is 6.10 Å². The lowest BCUT2D eigenvalue weighted by Gasteiger charge is -2.15. The summed E-state index contributed by atoms with van der Waals surface area (Å²) in [4.78, 5) is 0. The van der Waals surface area contributed by atoms with Gasteiger partial charge in [-0.1, -0.05) is 6.07 Å². The third kappa shape index (κ3) is 2.77. The van der Waals surface area contributed by atoms with Gasteiger partial charge in [-0.05, 0) is 12.1 Å². The Hall–Kier alpha value is -2.09. The maximum Gasteiger partial charge on any atom is 0.416 e. The second-order valence-electron chi connectivity index (χ2n) is 3.43. The largest absolute Gasteiger partial charge is 0.416 e. The van der Waals surface area contributed by atoms with Crippen molar-refractivity contribution < 1.29 is 23.4 Å². The van der Waals surface area contributed by atoms with E-state index >= 15 is 0 Å². The first-order valence-electron chi connectivity index (χ1n) is 4.68. The summed E-state index contributed by atoms with van der Waals surface area (Å²) >= 11 is 0. The van der Waals surface area contributed by atoms with Crippen molar-refractivity contribution in [1.82, 2.24) is 0 Å². The first kappa shape index (κ1) is 14.0. The van der Waals surface area contributed by atoms with E-state index in [1.807, 2.05) is 0 Å². The molecule has 1 aromatic carbocycles. The molecule has 0 saturated carbocycles. The summed E-state index contributed by atoms with van der Waals surface area (Å²) in [7, 11) is 0. The zero-order chi connectivity index (χ0) is 13.9. The Morgan fingerprint density at radius 3 is 2.22 bits per heavy atom. The van der Waals surface area contributed by atoms with Crippen molar-refractivity contribution in [3.63, 3.8) is 0 Å². The van der Waals surface area contributed by atoms with Gasteiger partial charge in [-0.3, -0.25) is 0 Å². The van der Waals surface area contributed by atoms with Crippen LogP contribution in [0.5, 0.6) is 0 Å². The number of aliphatic hydroxyl groups is 2. The highest BCUT2D eigenvalue weighted by atomic mass is 19.4. The van der Waals surface area contributed by atoms with Crippen LogP contribution in [-0.4, -0.2) is 16.3 Å². The van der Waals surface area contributed by atoms with Crippen molar-refractivity contribution in [2.45, 2.75) is 18.4 Å². The number of hydrogen-bond acceptors (Lipinski definition) is 4. The average molecular weight is 256 g/mol. The highest BCUT2D eigenvalue weighted by Crippen LogP contribution is 2.32. The minimum atomic E-state index is -4.61. The highest BCUT2D eigenvalue weighted by molar-refractivity contribution is 5.43. The van der Waals surface area contributed by atoms with Crippen LogP contribution in [0.1, 0.15) is 22.8 Å². The van der Waals surface area contributed by atoms with Gasteiger partial charge in [0.2, 0.25) is 0 Å². The monoisotopic (exact) mass is 256 g/mol. The molecule has 1 rings (SSSR count). The molecule has 0 aliphatic heterocycles. The molecule has 4 nitrogen and oxygen atoms in total. The quantitative estimate of drug-likeness (QED) is 0.785. The van der Waals surface area contributed by atoms with Gasteiger partial charge in [-0.15, -0.1) is 0 Å². The zero-order valence-electron chi connectivity index (χ0n) is 8.81. The highest BCUT2D eigenvalue weighted by Gasteiger charge is 2.32. The lowest BCUT2D eigenvalue weighted by Crippen LogP contribution is -2.17. The van der Waals surface area contributed by atoms with Crippen LogP contribution in [0, 0.1) is 22.7 Å². The zero-order valence-corrected chi connectivity index (χ0v) is 8.81. The molecule has 2 atom stereocenters. The molecular formula is C11H7F3N2O2. The van der Waals surface area contributed by atoms with Crippen LogP contribution < -0.4 is 0 Å². The summed E-state index contributed by atoms with van der Waals surface area (Å²) in [6, 6.07) is 4.92. The summed E-state index contributed by atoms with van der Waals surface area (Å²) < 4.78 is 37.2. The molecule has 0 fully saturated rings. The van der Waals surface area contributed by atoms with Crippen LogP contribution in [0.15, 0.2) is 18.2 Å². The van der Waals surface area contributed by atoms with Gasteiger partial charge in [0.25, 0.3) is 0 Å². The smallest absolute Gasteiger partial charge is 0.385 e. The Balaban J connectivity index is 3.26. The Labute approximate surface area is 100 Å². The van der Waals surface area contributed by atoms with Crippen LogP contribution in [0.25, 0.3) is 0 Å². The standard InChI is InChI=1S/C11H7F3N2O2/c12-11(13,14)7-1-2-8(6(3-7)4-15)10(18)9(17)5-16/h1-3,9-10,17-18H. The molecule has 0 spiro atoms. The molecule has 0 aromatic heterocycles. The fourth-order valence-electron chi connectivity index (χ4n) is 1.33. The first-order valence-corrected chi connectivity index (χ1v) is 4.68. The molecule has 2 N–H and O–H groups in total. The van der Waals surface area contributed by atoms with E-state index in [-0.39, 0.29) is 5.56 Å². The van der Waals surface area contributed by atoms with Gasteiger partial charge in [0, 0.05) is 5.56 Å². The van der Waals surface area contributed by atoms with E-state index in [0.717, 1.165) is 6.07 Å². The van der Waals surface area contributed by atoms with Gasteiger partial charge >= 0.3 is 6.18 Å². The number of alkyl halides is 3. The van der Waals surface area contributed by atoms with Gasteiger partial charge in [0.1, 0.15) is 6.10 Å². The summed E-state index contributed by atoms with van der Waals surface area (Å²) in [5, 5.41) is 35.7. The van der Waals surface area contributed by atoms with Gasteiger partial charge in [-0.2, -0.15) is 23.7 Å². The molecule has 2 unspecified atom stereocenters. The van der Waals surface area contributed by atoms with E-state index in [1.165, 1.54) is 12.1 Å². The van der Waals surface area contributed by atoms with Crippen molar-refractivity contribution in [3.05, 3.63) is 34.9 Å². The van der Waals surface area contributed by atoms with E-state index < -0.39 is 29.5 Å². The summed E-state index contributed by atoms with van der Waals surface area (Å²) in [6.45, 7) is 0. The van der Waals surface area contributed by atoms with Crippen LogP contribution >= 0.6 is 0 Å². The van der Waals surface area contributed by atoms with Crippen molar-refractivity contribution in [1.29, 1.82) is 10.5 Å². The normalized spacial score (nSPS) is 14.4. The van der Waals surface area contributed by atoms with Gasteiger partial charge in [0.05, 0.1) is 23.3 Å². The molecule has 0 amide bonds. The van der Waals surface area contributed by atoms with Crippen molar-refractivity contribution in [2.75, 3.05) is 0 Å². The first-order chi connectivity index (χ1) is 8.31. The lowest BCUT2D eigenvalue weighted by atomic mass is 9.97. The molecule has 0 saturated heterocycles. The topological polar surface area (TPSA) is 88.0 Å². The maximum absolute atomic E-state index is 12.4. The molecule has 94 valence electrons. The molecule has 7 heteroatoms. The molecular weight excluding hydrogens is 249 g/mol. The third-order valence-electron chi connectivity index (χ3n) is 2.25. The van der Waals surface area contributed by atoms with E-state index in [1.54, 1.807) is 0 Å². The number of nitriles is 2. The summed E-state index contributed by atoms with van der Waals surface area (Å²) in [5.41, 5.74) is -1.70. The number of hydrogen-bond donors (Lipinski definition) is 2. The molecule has 0 heterocycles. The number of benzene rings is 1. The van der Waals surface area contributed by atoms with E-state index in [4.69, 9.17) is 15.6 Å².